The summed E-state index contributed by atoms with van der Waals surface area (Å²) in [4.78, 5) is 6.88. The first kappa shape index (κ1) is 25.8. The molecule has 0 bridgehead atoms. The third-order valence-corrected chi connectivity index (χ3v) is 6.18. The number of pyridine rings is 2. The Balaban J connectivity index is 1.97. The molecule has 0 aliphatic rings. The second-order valence-electron chi connectivity index (χ2n) is 6.98. The minimum atomic E-state index is -4.90. The second-order valence-corrected chi connectivity index (χ2v) is 9.12. The number of nitrogens with zero attached hydrogens (tertiary/aromatic N) is 6. The number of phenolic OH excluding ortho intramolecular Hbond substituents is 1. The van der Waals surface area contributed by atoms with Crippen LogP contribution in [0, 0.1) is 0 Å². The van der Waals surface area contributed by atoms with E-state index in [1.165, 1.54) is 30.7 Å². The van der Waals surface area contributed by atoms with Crippen molar-refractivity contribution >= 4 is 61.4 Å². The highest BCUT2D eigenvalue weighted by atomic mass is 32.2. The molecule has 15 nitrogen and oxygen atoms in total. The fourth-order valence-electron chi connectivity index (χ4n) is 3.11. The maximum absolute atomic E-state index is 12.2. The molecule has 2 aromatic carbocycles. The maximum Gasteiger partial charge on any atom is 0.296 e. The lowest BCUT2D eigenvalue weighted by molar-refractivity contribution is -0.432. The van der Waals surface area contributed by atoms with Crippen LogP contribution in [0.1, 0.15) is 0 Å². The predicted molar refractivity (Wildman–Crippen MR) is 129 cm³/mol. The van der Waals surface area contributed by atoms with Gasteiger partial charge in [-0.2, -0.15) is 8.42 Å². The summed E-state index contributed by atoms with van der Waals surface area (Å²) < 4.78 is 38.6. The molecule has 0 spiro atoms. The molecule has 0 unspecified atom stereocenters. The van der Waals surface area contributed by atoms with Crippen molar-refractivity contribution in [2.75, 3.05) is 5.73 Å². The zero-order valence-corrected chi connectivity index (χ0v) is 19.8. The molecule has 190 valence electrons. The van der Waals surface area contributed by atoms with E-state index in [4.69, 9.17) is 11.0 Å². The number of hydrogen-bond acceptors (Lipinski definition) is 15. The van der Waals surface area contributed by atoms with Gasteiger partial charge in [-0.25, -0.2) is 5.26 Å². The van der Waals surface area contributed by atoms with E-state index in [0.29, 0.717) is 17.7 Å². The van der Waals surface area contributed by atoms with Gasteiger partial charge in [0.15, 0.2) is 11.5 Å². The normalized spacial score (nSPS) is 12.2. The average Bonchev–Trinajstić information content (AvgIpc) is 2.87. The molecule has 0 amide bonds. The van der Waals surface area contributed by atoms with Crippen molar-refractivity contribution in [3.05, 3.63) is 55.1 Å². The summed E-state index contributed by atoms with van der Waals surface area (Å²) in [6, 6.07) is 6.77. The number of azo groups is 2. The molecule has 17 heteroatoms. The highest BCUT2D eigenvalue weighted by molar-refractivity contribution is 7.94. The molecule has 0 aliphatic heterocycles. The SMILES string of the molecule is Nc1c(N=Nc2ccncc2O)c(S(=O)(=O)O)cc2cc(SOOO)c(N=Nc3cccnc3)c(O)c12. The topological polar surface area (TPSA) is 235 Å². The quantitative estimate of drug-likeness (QED) is 0.0484. The number of benzene rings is 2. The van der Waals surface area contributed by atoms with Crippen LogP contribution in [0.4, 0.5) is 28.4 Å². The lowest BCUT2D eigenvalue weighted by Gasteiger charge is -2.14. The molecule has 0 aliphatic carbocycles. The van der Waals surface area contributed by atoms with E-state index in [1.54, 1.807) is 12.1 Å². The van der Waals surface area contributed by atoms with Gasteiger partial charge in [0.05, 0.1) is 40.4 Å². The van der Waals surface area contributed by atoms with E-state index in [1.807, 2.05) is 0 Å². The van der Waals surface area contributed by atoms with E-state index in [-0.39, 0.29) is 32.8 Å². The number of aromatic nitrogens is 2. The van der Waals surface area contributed by atoms with Gasteiger partial charge in [-0.3, -0.25) is 14.5 Å². The lowest BCUT2D eigenvalue weighted by Crippen LogP contribution is -2.02. The van der Waals surface area contributed by atoms with Crippen LogP contribution in [0.5, 0.6) is 11.5 Å². The van der Waals surface area contributed by atoms with Crippen LogP contribution in [0.25, 0.3) is 10.8 Å². The van der Waals surface area contributed by atoms with E-state index < -0.39 is 32.1 Å². The molecule has 4 rings (SSSR count). The van der Waals surface area contributed by atoms with Gasteiger partial charge >= 0.3 is 0 Å². The Morgan fingerprint density at radius 3 is 2.41 bits per heavy atom. The minimum absolute atomic E-state index is 0.0118. The molecule has 0 saturated carbocycles. The van der Waals surface area contributed by atoms with Gasteiger partial charge in [-0.1, -0.05) is 5.04 Å². The standard InChI is InChI=1S/C20H15N7O8S2/c21-17-16-10(7-15(37(31,32)33)19(17)27-25-12-3-5-23-9-13(12)28)6-14(36-35-34-30)18(20(16)29)26-24-11-2-1-4-22-8-11/h1-9,28-30H,21H2,(H,31,32,33). The number of hydrogen-bond donors (Lipinski definition) is 5. The molecule has 4 aromatic rings. The van der Waals surface area contributed by atoms with Crippen LogP contribution < -0.4 is 5.73 Å². The third kappa shape index (κ3) is 5.61. The Morgan fingerprint density at radius 2 is 1.73 bits per heavy atom. The largest absolute Gasteiger partial charge is 0.505 e. The first-order chi connectivity index (χ1) is 17.7. The van der Waals surface area contributed by atoms with Gasteiger partial charge in [0.25, 0.3) is 10.1 Å². The summed E-state index contributed by atoms with van der Waals surface area (Å²) >= 11 is 0.414. The number of rotatable bonds is 8. The van der Waals surface area contributed by atoms with Crippen LogP contribution in [-0.2, 0) is 19.5 Å². The smallest absolute Gasteiger partial charge is 0.296 e. The fourth-order valence-corrected chi connectivity index (χ4v) is 4.28. The number of nitrogens with two attached hydrogens (primary N) is 1. The second kappa shape index (κ2) is 10.8. The van der Waals surface area contributed by atoms with Crippen LogP contribution in [0.3, 0.4) is 0 Å². The Labute approximate surface area is 211 Å². The third-order valence-electron chi connectivity index (χ3n) is 4.69. The van der Waals surface area contributed by atoms with Gasteiger partial charge in [-0.15, -0.1) is 24.8 Å². The Kier molecular flexibility index (Phi) is 7.53. The van der Waals surface area contributed by atoms with Gasteiger partial charge in [0, 0.05) is 12.4 Å². The Morgan fingerprint density at radius 1 is 0.973 bits per heavy atom. The highest BCUT2D eigenvalue weighted by Crippen LogP contribution is 2.49. The first-order valence-corrected chi connectivity index (χ1v) is 12.0. The van der Waals surface area contributed by atoms with Gasteiger partial charge in [0.2, 0.25) is 0 Å². The van der Waals surface area contributed by atoms with Crippen LogP contribution >= 0.6 is 12.0 Å². The number of nitrogen functional groups attached to an aromatic ring is 1. The van der Waals surface area contributed by atoms with Gasteiger partial charge < -0.3 is 15.9 Å². The number of aromatic hydroxyl groups is 2. The van der Waals surface area contributed by atoms with E-state index in [0.717, 1.165) is 12.3 Å². The van der Waals surface area contributed by atoms with Crippen molar-refractivity contribution < 1.29 is 37.8 Å². The fraction of sp³-hybridized carbons (Fsp3) is 0. The highest BCUT2D eigenvalue weighted by Gasteiger charge is 2.25. The Bertz CT molecular complexity index is 1630. The van der Waals surface area contributed by atoms with Crippen molar-refractivity contribution in [3.63, 3.8) is 0 Å². The average molecular weight is 546 g/mol. The summed E-state index contributed by atoms with van der Waals surface area (Å²) in [5.74, 6) is -0.926. The van der Waals surface area contributed by atoms with Crippen LogP contribution in [-0.4, -0.2) is 38.4 Å². The molecule has 2 heterocycles. The molecule has 0 radical (unpaired) electrons. The van der Waals surface area contributed by atoms with E-state index in [2.05, 4.69) is 39.8 Å². The van der Waals surface area contributed by atoms with Crippen molar-refractivity contribution in [1.29, 1.82) is 0 Å². The zero-order valence-electron chi connectivity index (χ0n) is 18.2. The molecule has 2 aromatic heterocycles. The zero-order chi connectivity index (χ0) is 26.6. The van der Waals surface area contributed by atoms with E-state index in [9.17, 15) is 23.2 Å². The maximum atomic E-state index is 12.2. The lowest BCUT2D eigenvalue weighted by atomic mass is 10.1. The molecular weight excluding hydrogens is 530 g/mol. The minimum Gasteiger partial charge on any atom is -0.505 e. The van der Waals surface area contributed by atoms with Crippen LogP contribution in [0.15, 0.2) is 85.4 Å². The predicted octanol–water partition coefficient (Wildman–Crippen LogP) is 5.13. The van der Waals surface area contributed by atoms with Gasteiger partial charge in [-0.05, 0) is 35.7 Å². The monoisotopic (exact) mass is 545 g/mol. The summed E-state index contributed by atoms with van der Waals surface area (Å²) in [5, 5.41) is 48.6. The van der Waals surface area contributed by atoms with Crippen molar-refractivity contribution in [2.24, 2.45) is 20.5 Å². The molecule has 0 fully saturated rings. The number of phenols is 1. The molecular formula is C20H15N7O8S2. The van der Waals surface area contributed by atoms with Crippen molar-refractivity contribution in [1.82, 2.24) is 9.97 Å². The molecule has 37 heavy (non-hydrogen) atoms. The number of anilines is 1. The summed E-state index contributed by atoms with van der Waals surface area (Å²) in [6.07, 6.45) is 5.33. The van der Waals surface area contributed by atoms with Crippen LogP contribution in [0.2, 0.25) is 0 Å². The van der Waals surface area contributed by atoms with Crippen molar-refractivity contribution in [2.45, 2.75) is 9.79 Å². The molecule has 0 atom stereocenters. The first-order valence-electron chi connectivity index (χ1n) is 9.81. The summed E-state index contributed by atoms with van der Waals surface area (Å²) in [6.45, 7) is 0. The van der Waals surface area contributed by atoms with Gasteiger partial charge in [0.1, 0.15) is 27.6 Å². The summed E-state index contributed by atoms with van der Waals surface area (Å²) in [7, 11) is -4.90. The summed E-state index contributed by atoms with van der Waals surface area (Å²) in [5.41, 5.74) is 5.35. The number of fused-ring (bicyclic) bond motifs is 1. The molecule has 6 N–H and O–H groups in total. The van der Waals surface area contributed by atoms with E-state index >= 15 is 0 Å². The Hall–Kier alpha value is -4.26. The van der Waals surface area contributed by atoms with Crippen molar-refractivity contribution in [3.8, 4) is 11.5 Å². The molecule has 0 saturated heterocycles.